The van der Waals surface area contributed by atoms with Gasteiger partial charge >= 0.3 is 6.03 Å². The Bertz CT molecular complexity index is 484. The highest BCUT2D eigenvalue weighted by molar-refractivity contribution is 9.10. The fraction of sp³-hybridized carbons (Fsp3) is 0.500. The van der Waals surface area contributed by atoms with Gasteiger partial charge in [0.1, 0.15) is 0 Å². The number of hydrogen-bond acceptors (Lipinski definition) is 3. The van der Waals surface area contributed by atoms with Crippen LogP contribution in [-0.2, 0) is 11.2 Å². The molecule has 0 aliphatic carbocycles. The molecule has 2 rings (SSSR count). The number of rotatable bonds is 3. The summed E-state index contributed by atoms with van der Waals surface area (Å²) < 4.78 is 1.04. The zero-order valence-corrected chi connectivity index (χ0v) is 12.7. The Morgan fingerprint density at radius 3 is 2.83 bits per heavy atom. The first-order valence-corrected chi connectivity index (χ1v) is 7.41. The fourth-order valence-corrected chi connectivity index (χ4v) is 3.39. The van der Waals surface area contributed by atoms with Gasteiger partial charge in [0.2, 0.25) is 5.91 Å². The van der Waals surface area contributed by atoms with E-state index in [1.165, 1.54) is 4.90 Å². The fourth-order valence-electron chi connectivity index (χ4n) is 1.85. The summed E-state index contributed by atoms with van der Waals surface area (Å²) in [6.45, 7) is 4.53. The average molecular weight is 331 g/mol. The maximum Gasteiger partial charge on any atom is 0.324 e. The number of imide groups is 1. The first-order chi connectivity index (χ1) is 8.42. The Kier molecular flexibility index (Phi) is 3.77. The minimum absolute atomic E-state index is 0.0982. The number of nitrogens with one attached hydrogen (secondary N) is 1. The summed E-state index contributed by atoms with van der Waals surface area (Å²) in [6.07, 6.45) is 0.688. The third-order valence-corrected chi connectivity index (χ3v) is 4.99. The maximum atomic E-state index is 12.2. The second kappa shape index (κ2) is 5.01. The van der Waals surface area contributed by atoms with E-state index in [1.54, 1.807) is 11.3 Å². The summed E-state index contributed by atoms with van der Waals surface area (Å²) in [6, 6.07) is 1.69. The third kappa shape index (κ3) is 2.59. The van der Waals surface area contributed by atoms with Gasteiger partial charge in [0.25, 0.3) is 0 Å². The Morgan fingerprint density at radius 2 is 2.22 bits per heavy atom. The van der Waals surface area contributed by atoms with Crippen molar-refractivity contribution in [3.05, 3.63) is 20.8 Å². The number of hydrogen-bond donors (Lipinski definition) is 1. The highest BCUT2D eigenvalue weighted by Gasteiger charge is 2.39. The average Bonchev–Trinajstić information content (AvgIpc) is 2.71. The minimum atomic E-state index is -0.513. The lowest BCUT2D eigenvalue weighted by molar-refractivity contribution is -0.138. The molecule has 98 valence electrons. The molecule has 0 aromatic carbocycles. The Hall–Kier alpha value is -0.880. The third-order valence-electron chi connectivity index (χ3n) is 3.00. The van der Waals surface area contributed by atoms with Crippen LogP contribution in [0.3, 0.4) is 0 Å². The first-order valence-electron chi connectivity index (χ1n) is 5.73. The molecule has 1 aromatic heterocycles. The molecule has 0 atom stereocenters. The van der Waals surface area contributed by atoms with Crippen molar-refractivity contribution in [2.75, 3.05) is 13.1 Å². The molecular formula is C12H15BrN2O2S. The molecule has 6 heteroatoms. The largest absolute Gasteiger partial charge is 0.337 e. The summed E-state index contributed by atoms with van der Waals surface area (Å²) >= 11 is 5.07. The highest BCUT2D eigenvalue weighted by Crippen LogP contribution is 2.25. The van der Waals surface area contributed by atoms with E-state index in [0.29, 0.717) is 19.5 Å². The van der Waals surface area contributed by atoms with E-state index in [1.807, 2.05) is 25.3 Å². The van der Waals surface area contributed by atoms with Gasteiger partial charge in [-0.2, -0.15) is 0 Å². The number of urea groups is 1. The predicted octanol–water partition coefficient (Wildman–Crippen LogP) is 2.63. The van der Waals surface area contributed by atoms with Crippen molar-refractivity contribution in [1.82, 2.24) is 10.2 Å². The molecule has 1 saturated heterocycles. The van der Waals surface area contributed by atoms with Gasteiger partial charge in [0.15, 0.2) is 0 Å². The van der Waals surface area contributed by atoms with Crippen molar-refractivity contribution in [1.29, 1.82) is 0 Å². The molecule has 0 radical (unpaired) electrons. The molecule has 4 nitrogen and oxygen atoms in total. The van der Waals surface area contributed by atoms with E-state index < -0.39 is 5.41 Å². The number of halogens is 1. The normalized spacial score (nSPS) is 18.9. The number of amides is 3. The van der Waals surface area contributed by atoms with Crippen LogP contribution in [0.2, 0.25) is 0 Å². The number of nitrogens with zero attached hydrogens (tertiary/aromatic N) is 1. The van der Waals surface area contributed by atoms with Gasteiger partial charge in [-0.1, -0.05) is 0 Å². The number of carbonyl (C=O) groups is 2. The van der Waals surface area contributed by atoms with Crippen molar-refractivity contribution in [2.45, 2.75) is 20.3 Å². The first kappa shape index (κ1) is 13.5. The van der Waals surface area contributed by atoms with Crippen LogP contribution in [0.4, 0.5) is 4.79 Å². The van der Waals surface area contributed by atoms with Gasteiger partial charge in [0, 0.05) is 28.9 Å². The predicted molar refractivity (Wildman–Crippen MR) is 74.6 cm³/mol. The Balaban J connectivity index is 2.05. The topological polar surface area (TPSA) is 49.4 Å². The minimum Gasteiger partial charge on any atom is -0.337 e. The SMILES string of the molecule is CC1(C)CNC(=O)N(CCc2sccc2Br)C1=O. The summed E-state index contributed by atoms with van der Waals surface area (Å²) in [5.74, 6) is -0.0982. The van der Waals surface area contributed by atoms with Crippen LogP contribution in [-0.4, -0.2) is 29.9 Å². The standard InChI is InChI=1S/C12H15BrN2O2S/c1-12(2)7-14-11(17)15(10(12)16)5-3-9-8(13)4-6-18-9/h4,6H,3,5,7H2,1-2H3,(H,14,17). The van der Waals surface area contributed by atoms with Crippen molar-refractivity contribution in [3.8, 4) is 0 Å². The van der Waals surface area contributed by atoms with Crippen LogP contribution in [0, 0.1) is 5.41 Å². The Morgan fingerprint density at radius 1 is 1.50 bits per heavy atom. The van der Waals surface area contributed by atoms with E-state index in [9.17, 15) is 9.59 Å². The quantitative estimate of drug-likeness (QED) is 0.926. The lowest BCUT2D eigenvalue weighted by Crippen LogP contribution is -2.58. The molecule has 1 N–H and O–H groups in total. The number of carbonyl (C=O) groups excluding carboxylic acids is 2. The maximum absolute atomic E-state index is 12.2. The van der Waals surface area contributed by atoms with Gasteiger partial charge in [-0.05, 0) is 41.2 Å². The number of thiophene rings is 1. The summed E-state index contributed by atoms with van der Waals surface area (Å²) in [5.41, 5.74) is -0.513. The lowest BCUT2D eigenvalue weighted by Gasteiger charge is -2.36. The van der Waals surface area contributed by atoms with Gasteiger partial charge in [-0.3, -0.25) is 9.69 Å². The molecule has 1 aromatic rings. The van der Waals surface area contributed by atoms with E-state index in [-0.39, 0.29) is 11.9 Å². The second-order valence-electron chi connectivity index (χ2n) is 4.94. The smallest absolute Gasteiger partial charge is 0.324 e. The molecule has 0 saturated carbocycles. The van der Waals surface area contributed by atoms with Crippen molar-refractivity contribution >= 4 is 39.2 Å². The molecule has 2 heterocycles. The van der Waals surface area contributed by atoms with Crippen molar-refractivity contribution in [3.63, 3.8) is 0 Å². The monoisotopic (exact) mass is 330 g/mol. The van der Waals surface area contributed by atoms with Gasteiger partial charge in [-0.25, -0.2) is 4.79 Å². The van der Waals surface area contributed by atoms with E-state index in [0.717, 1.165) is 9.35 Å². The summed E-state index contributed by atoms with van der Waals surface area (Å²) in [5, 5.41) is 4.74. The summed E-state index contributed by atoms with van der Waals surface area (Å²) in [4.78, 5) is 26.3. The molecule has 1 aliphatic rings. The van der Waals surface area contributed by atoms with Crippen LogP contribution in [0.25, 0.3) is 0 Å². The van der Waals surface area contributed by atoms with Crippen LogP contribution >= 0.6 is 27.3 Å². The van der Waals surface area contributed by atoms with Crippen LogP contribution in [0.15, 0.2) is 15.9 Å². The molecule has 3 amide bonds. The van der Waals surface area contributed by atoms with Crippen LogP contribution in [0.5, 0.6) is 0 Å². The molecule has 0 spiro atoms. The molecule has 18 heavy (non-hydrogen) atoms. The Labute approximate surface area is 118 Å². The van der Waals surface area contributed by atoms with Gasteiger partial charge in [-0.15, -0.1) is 11.3 Å². The zero-order chi connectivity index (χ0) is 13.3. The van der Waals surface area contributed by atoms with Crippen LogP contribution in [0.1, 0.15) is 18.7 Å². The van der Waals surface area contributed by atoms with E-state index in [4.69, 9.17) is 0 Å². The molecule has 0 bridgehead atoms. The molecule has 1 fully saturated rings. The zero-order valence-electron chi connectivity index (χ0n) is 10.3. The molecule has 0 unspecified atom stereocenters. The van der Waals surface area contributed by atoms with Gasteiger partial charge < -0.3 is 5.32 Å². The van der Waals surface area contributed by atoms with Crippen molar-refractivity contribution in [2.24, 2.45) is 5.41 Å². The van der Waals surface area contributed by atoms with Gasteiger partial charge in [0.05, 0.1) is 5.41 Å². The molecular weight excluding hydrogens is 316 g/mol. The van der Waals surface area contributed by atoms with E-state index >= 15 is 0 Å². The molecule has 1 aliphatic heterocycles. The lowest BCUT2D eigenvalue weighted by atomic mass is 9.90. The van der Waals surface area contributed by atoms with Crippen molar-refractivity contribution < 1.29 is 9.59 Å². The van der Waals surface area contributed by atoms with Crippen LogP contribution < -0.4 is 5.32 Å². The van der Waals surface area contributed by atoms with E-state index in [2.05, 4.69) is 21.2 Å². The summed E-state index contributed by atoms with van der Waals surface area (Å²) in [7, 11) is 0. The second-order valence-corrected chi connectivity index (χ2v) is 6.80. The highest BCUT2D eigenvalue weighted by atomic mass is 79.9.